The highest BCUT2D eigenvalue weighted by molar-refractivity contribution is 9.10. The zero-order valence-electron chi connectivity index (χ0n) is 9.39. The van der Waals surface area contributed by atoms with Gasteiger partial charge in [0, 0.05) is 15.0 Å². The van der Waals surface area contributed by atoms with Crippen LogP contribution >= 0.6 is 55.1 Å². The molecule has 0 saturated carbocycles. The first-order chi connectivity index (χ1) is 8.95. The summed E-state index contributed by atoms with van der Waals surface area (Å²) in [5.41, 5.74) is 0.696. The monoisotopic (exact) mass is 426 g/mol. The minimum absolute atomic E-state index is 0.202. The Morgan fingerprint density at radius 2 is 1.74 bits per heavy atom. The second kappa shape index (κ2) is 6.44. The van der Waals surface area contributed by atoms with Crippen LogP contribution in [0.1, 0.15) is 5.56 Å². The third-order valence-corrected chi connectivity index (χ3v) is 4.24. The Morgan fingerprint density at radius 1 is 1.00 bits per heavy atom. The van der Waals surface area contributed by atoms with Gasteiger partial charge in [-0.3, -0.25) is 0 Å². The van der Waals surface area contributed by atoms with Crippen molar-refractivity contribution >= 4 is 55.1 Å². The largest absolute Gasteiger partial charge is 0.487 e. The number of halogens is 5. The van der Waals surface area contributed by atoms with E-state index in [-0.39, 0.29) is 12.4 Å². The summed E-state index contributed by atoms with van der Waals surface area (Å²) in [6.45, 7) is 0.202. The first kappa shape index (κ1) is 15.1. The van der Waals surface area contributed by atoms with Gasteiger partial charge in [0.1, 0.15) is 18.2 Å². The predicted octanol–water partition coefficient (Wildman–Crippen LogP) is 6.24. The van der Waals surface area contributed by atoms with Gasteiger partial charge in [0.25, 0.3) is 0 Å². The van der Waals surface area contributed by atoms with E-state index in [9.17, 15) is 4.39 Å². The third-order valence-electron chi connectivity index (χ3n) is 2.29. The van der Waals surface area contributed by atoms with Gasteiger partial charge in [-0.05, 0) is 45.8 Å². The summed E-state index contributed by atoms with van der Waals surface area (Å²) in [4.78, 5) is 0. The van der Waals surface area contributed by atoms with Crippen LogP contribution in [0, 0.1) is 5.82 Å². The minimum Gasteiger partial charge on any atom is -0.487 e. The molecule has 1 nitrogen and oxygen atoms in total. The quantitative estimate of drug-likeness (QED) is 0.526. The number of ether oxygens (including phenoxy) is 1. The third kappa shape index (κ3) is 4.09. The van der Waals surface area contributed by atoms with E-state index in [1.165, 1.54) is 12.1 Å². The average Bonchev–Trinajstić information content (AvgIpc) is 2.31. The number of hydrogen-bond acceptors (Lipinski definition) is 1. The van der Waals surface area contributed by atoms with Crippen molar-refractivity contribution in [3.63, 3.8) is 0 Å². The summed E-state index contributed by atoms with van der Waals surface area (Å²) >= 11 is 18.5. The molecule has 2 aromatic rings. The molecule has 100 valence electrons. The maximum atomic E-state index is 13.2. The smallest absolute Gasteiger partial charge is 0.139 e. The molecule has 0 N–H and O–H groups in total. The van der Waals surface area contributed by atoms with Crippen molar-refractivity contribution in [1.82, 2.24) is 0 Å². The van der Waals surface area contributed by atoms with Gasteiger partial charge in [0.15, 0.2) is 0 Å². The van der Waals surface area contributed by atoms with E-state index in [0.717, 1.165) is 0 Å². The number of benzene rings is 2. The van der Waals surface area contributed by atoms with Crippen molar-refractivity contribution in [2.45, 2.75) is 6.61 Å². The van der Waals surface area contributed by atoms with Crippen molar-refractivity contribution in [3.05, 3.63) is 60.7 Å². The second-order valence-corrected chi connectivity index (χ2v) is 6.35. The van der Waals surface area contributed by atoms with Crippen LogP contribution in [0.25, 0.3) is 0 Å². The zero-order chi connectivity index (χ0) is 14.0. The summed E-state index contributed by atoms with van der Waals surface area (Å²) in [5.74, 6) is 0.128. The van der Waals surface area contributed by atoms with Gasteiger partial charge in [-0.1, -0.05) is 39.1 Å². The summed E-state index contributed by atoms with van der Waals surface area (Å²) in [6, 6.07) is 7.83. The molecule has 0 aliphatic rings. The number of hydrogen-bond donors (Lipinski definition) is 0. The molecule has 0 spiro atoms. The maximum absolute atomic E-state index is 13.2. The summed E-state index contributed by atoms with van der Waals surface area (Å²) in [5, 5.41) is 0.937. The van der Waals surface area contributed by atoms with Crippen molar-refractivity contribution in [2.24, 2.45) is 0 Å². The highest BCUT2D eigenvalue weighted by Crippen LogP contribution is 2.34. The Bertz CT molecular complexity index is 600. The molecule has 0 bridgehead atoms. The van der Waals surface area contributed by atoms with Crippen LogP contribution in [-0.4, -0.2) is 0 Å². The van der Waals surface area contributed by atoms with Crippen LogP contribution in [0.4, 0.5) is 4.39 Å². The molecule has 0 aromatic heterocycles. The molecule has 0 fully saturated rings. The van der Waals surface area contributed by atoms with Gasteiger partial charge in [0.05, 0.1) is 10.0 Å². The predicted molar refractivity (Wildman–Crippen MR) is 82.6 cm³/mol. The Morgan fingerprint density at radius 3 is 2.42 bits per heavy atom. The van der Waals surface area contributed by atoms with Crippen LogP contribution in [-0.2, 0) is 6.61 Å². The first-order valence-electron chi connectivity index (χ1n) is 5.18. The fourth-order valence-corrected chi connectivity index (χ4v) is 2.83. The molecule has 0 radical (unpaired) electrons. The van der Waals surface area contributed by atoms with E-state index in [1.54, 1.807) is 18.2 Å². The molecule has 0 atom stereocenters. The van der Waals surface area contributed by atoms with Gasteiger partial charge in [-0.2, -0.15) is 0 Å². The van der Waals surface area contributed by atoms with Crippen molar-refractivity contribution in [3.8, 4) is 5.75 Å². The minimum atomic E-state index is -0.326. The van der Waals surface area contributed by atoms with Crippen LogP contribution in [0.3, 0.4) is 0 Å². The average molecular weight is 429 g/mol. The molecule has 6 heteroatoms. The Balaban J connectivity index is 2.16. The molecule has 0 amide bonds. The molecule has 0 aliphatic carbocycles. The normalized spacial score (nSPS) is 10.6. The number of rotatable bonds is 3. The van der Waals surface area contributed by atoms with E-state index < -0.39 is 0 Å². The highest BCUT2D eigenvalue weighted by Gasteiger charge is 2.08. The molecule has 2 aromatic carbocycles. The Hall–Kier alpha value is -0.290. The molecule has 0 heterocycles. The van der Waals surface area contributed by atoms with Crippen LogP contribution in [0.5, 0.6) is 5.75 Å². The Kier molecular flexibility index (Phi) is 5.12. The van der Waals surface area contributed by atoms with E-state index >= 15 is 0 Å². The summed E-state index contributed by atoms with van der Waals surface area (Å²) in [6.07, 6.45) is 0. The SMILES string of the molecule is Fc1cc(Br)cc(COc2cc(Cl)c(Br)cc2Cl)c1. The lowest BCUT2D eigenvalue weighted by atomic mass is 10.2. The second-order valence-electron chi connectivity index (χ2n) is 3.76. The molecule has 0 unspecified atom stereocenters. The topological polar surface area (TPSA) is 9.23 Å². The fraction of sp³-hybridized carbons (Fsp3) is 0.0769. The highest BCUT2D eigenvalue weighted by atomic mass is 79.9. The first-order valence-corrected chi connectivity index (χ1v) is 7.52. The standard InChI is InChI=1S/C13H7Br2Cl2FO/c14-8-1-7(2-9(18)3-8)6-19-13-5-11(16)10(15)4-12(13)17/h1-5H,6H2. The molecular formula is C13H7Br2Cl2FO. The lowest BCUT2D eigenvalue weighted by Crippen LogP contribution is -1.97. The molecule has 0 saturated heterocycles. The Labute approximate surface area is 136 Å². The lowest BCUT2D eigenvalue weighted by molar-refractivity contribution is 0.305. The lowest BCUT2D eigenvalue weighted by Gasteiger charge is -2.10. The van der Waals surface area contributed by atoms with Gasteiger partial charge < -0.3 is 4.74 Å². The summed E-state index contributed by atoms with van der Waals surface area (Å²) in [7, 11) is 0. The van der Waals surface area contributed by atoms with Gasteiger partial charge in [0.2, 0.25) is 0 Å². The van der Waals surface area contributed by atoms with E-state index in [0.29, 0.717) is 30.3 Å². The van der Waals surface area contributed by atoms with Crippen molar-refractivity contribution < 1.29 is 9.13 Å². The molecule has 19 heavy (non-hydrogen) atoms. The van der Waals surface area contributed by atoms with Gasteiger partial charge in [-0.25, -0.2) is 4.39 Å². The van der Waals surface area contributed by atoms with E-state index in [1.807, 2.05) is 0 Å². The van der Waals surface area contributed by atoms with Crippen molar-refractivity contribution in [1.29, 1.82) is 0 Å². The van der Waals surface area contributed by atoms with E-state index in [4.69, 9.17) is 27.9 Å². The molecule has 2 rings (SSSR count). The van der Waals surface area contributed by atoms with Gasteiger partial charge in [-0.15, -0.1) is 0 Å². The van der Waals surface area contributed by atoms with Crippen LogP contribution in [0.15, 0.2) is 39.3 Å². The maximum Gasteiger partial charge on any atom is 0.139 e. The molecule has 0 aliphatic heterocycles. The zero-order valence-corrected chi connectivity index (χ0v) is 14.1. The fourth-order valence-electron chi connectivity index (χ4n) is 1.47. The van der Waals surface area contributed by atoms with Crippen molar-refractivity contribution in [2.75, 3.05) is 0 Å². The molecular weight excluding hydrogens is 422 g/mol. The van der Waals surface area contributed by atoms with E-state index in [2.05, 4.69) is 31.9 Å². The van der Waals surface area contributed by atoms with Crippen LogP contribution in [0.2, 0.25) is 10.0 Å². The van der Waals surface area contributed by atoms with Gasteiger partial charge >= 0.3 is 0 Å². The summed E-state index contributed by atoms with van der Waals surface area (Å²) < 4.78 is 20.1. The van der Waals surface area contributed by atoms with Crippen LogP contribution < -0.4 is 4.74 Å².